The second-order valence-corrected chi connectivity index (χ2v) is 10.3. The first-order valence-corrected chi connectivity index (χ1v) is 11.9. The number of anilines is 3. The van der Waals surface area contributed by atoms with Gasteiger partial charge >= 0.3 is 6.03 Å². The zero-order valence-electron chi connectivity index (χ0n) is 21.5. The number of aromatic nitrogens is 3. The smallest absolute Gasteiger partial charge is 0.323 e. The van der Waals surface area contributed by atoms with Gasteiger partial charge in [0, 0.05) is 29.2 Å². The number of nitrogens with zero attached hydrogens (tertiary/aromatic N) is 3. The number of nitrogens with two attached hydrogens (primary N) is 1. The van der Waals surface area contributed by atoms with Gasteiger partial charge < -0.3 is 20.9 Å². The predicted molar refractivity (Wildman–Crippen MR) is 145 cm³/mol. The molecule has 2 aromatic carbocycles. The number of nitrogens with one attached hydrogen (secondary N) is 2. The van der Waals surface area contributed by atoms with Gasteiger partial charge in [-0.1, -0.05) is 39.0 Å². The van der Waals surface area contributed by atoms with E-state index in [0.29, 0.717) is 33.5 Å². The van der Waals surface area contributed by atoms with Crippen LogP contribution in [0.5, 0.6) is 0 Å². The first-order valence-electron chi connectivity index (χ1n) is 11.9. The van der Waals surface area contributed by atoms with Crippen molar-refractivity contribution in [1.82, 2.24) is 14.5 Å². The molecule has 36 heavy (non-hydrogen) atoms. The van der Waals surface area contributed by atoms with Gasteiger partial charge in [-0.2, -0.15) is 0 Å². The molecule has 0 saturated heterocycles. The van der Waals surface area contributed by atoms with E-state index in [0.717, 1.165) is 5.56 Å². The van der Waals surface area contributed by atoms with Crippen molar-refractivity contribution >= 4 is 40.0 Å². The molecule has 0 aliphatic carbocycles. The third-order valence-electron chi connectivity index (χ3n) is 6.19. The van der Waals surface area contributed by atoms with Crippen molar-refractivity contribution in [1.29, 1.82) is 0 Å². The fourth-order valence-electron chi connectivity index (χ4n) is 4.11. The number of carbonyl (C=O) groups excluding carboxylic acids is 2. The number of aryl methyl sites for hydroxylation is 1. The van der Waals surface area contributed by atoms with Crippen LogP contribution in [0.15, 0.2) is 55.0 Å². The van der Waals surface area contributed by atoms with Crippen LogP contribution in [-0.2, 0) is 5.41 Å². The maximum atomic E-state index is 13.7. The number of carbonyl (C=O) groups is 2. The minimum atomic E-state index is -0.394. The van der Waals surface area contributed by atoms with E-state index in [1.54, 1.807) is 18.3 Å². The summed E-state index contributed by atoms with van der Waals surface area (Å²) in [5, 5.41) is 6.20. The molecule has 186 valence electrons. The summed E-state index contributed by atoms with van der Waals surface area (Å²) in [5.74, 6) is 0.0479. The van der Waals surface area contributed by atoms with Crippen molar-refractivity contribution in [3.63, 3.8) is 0 Å². The summed E-state index contributed by atoms with van der Waals surface area (Å²) in [6.45, 7) is 12.3. The highest BCUT2D eigenvalue weighted by Crippen LogP contribution is 2.30. The molecule has 2 aromatic heterocycles. The van der Waals surface area contributed by atoms with E-state index in [-0.39, 0.29) is 23.1 Å². The van der Waals surface area contributed by atoms with Crippen molar-refractivity contribution in [2.45, 2.75) is 53.0 Å². The van der Waals surface area contributed by atoms with Crippen LogP contribution >= 0.6 is 0 Å². The van der Waals surface area contributed by atoms with Crippen molar-refractivity contribution in [3.05, 3.63) is 77.2 Å². The molecule has 0 bridgehead atoms. The average molecular weight is 485 g/mol. The molecule has 8 nitrogen and oxygen atoms in total. The maximum Gasteiger partial charge on any atom is 0.323 e. The van der Waals surface area contributed by atoms with E-state index in [1.165, 1.54) is 11.9 Å². The van der Waals surface area contributed by atoms with Gasteiger partial charge in [0.15, 0.2) is 5.78 Å². The van der Waals surface area contributed by atoms with E-state index >= 15 is 0 Å². The van der Waals surface area contributed by atoms with Crippen LogP contribution in [0.4, 0.5) is 22.0 Å². The Hall–Kier alpha value is -4.20. The number of ketones is 1. The van der Waals surface area contributed by atoms with Crippen molar-refractivity contribution in [2.75, 3.05) is 16.4 Å². The highest BCUT2D eigenvalue weighted by atomic mass is 16.2. The molecular formula is C28H32N6O2. The van der Waals surface area contributed by atoms with Crippen molar-refractivity contribution in [3.8, 4) is 0 Å². The van der Waals surface area contributed by atoms with Gasteiger partial charge in [-0.3, -0.25) is 4.79 Å². The number of hydrogen-bond acceptors (Lipinski definition) is 5. The van der Waals surface area contributed by atoms with Crippen LogP contribution in [0.25, 0.3) is 11.0 Å². The molecule has 0 aliphatic rings. The molecule has 2 heterocycles. The zero-order valence-corrected chi connectivity index (χ0v) is 21.5. The Morgan fingerprint density at radius 2 is 1.58 bits per heavy atom. The van der Waals surface area contributed by atoms with Gasteiger partial charge in [0.1, 0.15) is 17.8 Å². The number of urea groups is 1. The SMILES string of the molecule is Cc1ccc(NC(=O)Nc2ccc(C(C)(C)C)cc2)cc1C(=O)c1cn(C(C)C)c2ncnc(N)c12. The maximum absolute atomic E-state index is 13.7. The Labute approximate surface area is 210 Å². The Morgan fingerprint density at radius 3 is 2.22 bits per heavy atom. The average Bonchev–Trinajstić information content (AvgIpc) is 3.21. The molecule has 0 atom stereocenters. The Balaban J connectivity index is 1.59. The summed E-state index contributed by atoms with van der Waals surface area (Å²) in [5.41, 5.74) is 10.8. The number of fused-ring (bicyclic) bond motifs is 1. The topological polar surface area (TPSA) is 115 Å². The Kier molecular flexibility index (Phi) is 6.54. The van der Waals surface area contributed by atoms with Crippen LogP contribution in [0.1, 0.15) is 67.7 Å². The molecule has 0 radical (unpaired) electrons. The van der Waals surface area contributed by atoms with Crippen molar-refractivity contribution in [2.24, 2.45) is 0 Å². The normalized spacial score (nSPS) is 11.6. The predicted octanol–water partition coefficient (Wildman–Crippen LogP) is 6.08. The Bertz CT molecular complexity index is 1450. The van der Waals surface area contributed by atoms with Gasteiger partial charge in [0.25, 0.3) is 0 Å². The summed E-state index contributed by atoms with van der Waals surface area (Å²) in [6.07, 6.45) is 3.17. The van der Waals surface area contributed by atoms with Gasteiger partial charge in [0.05, 0.1) is 10.9 Å². The molecule has 4 N–H and O–H groups in total. The lowest BCUT2D eigenvalue weighted by Gasteiger charge is -2.19. The minimum Gasteiger partial charge on any atom is -0.383 e. The largest absolute Gasteiger partial charge is 0.383 e. The Morgan fingerprint density at radius 1 is 0.944 bits per heavy atom. The summed E-state index contributed by atoms with van der Waals surface area (Å²) < 4.78 is 1.91. The lowest BCUT2D eigenvalue weighted by atomic mass is 9.87. The molecule has 0 saturated carbocycles. The van der Waals surface area contributed by atoms with E-state index in [4.69, 9.17) is 5.73 Å². The van der Waals surface area contributed by atoms with Gasteiger partial charge in [-0.25, -0.2) is 14.8 Å². The third kappa shape index (κ3) is 4.93. The van der Waals surface area contributed by atoms with E-state index in [1.807, 2.05) is 55.7 Å². The molecule has 0 fully saturated rings. The van der Waals surface area contributed by atoms with Crippen LogP contribution in [0.3, 0.4) is 0 Å². The lowest BCUT2D eigenvalue weighted by molar-refractivity contribution is 0.103. The second-order valence-electron chi connectivity index (χ2n) is 10.3. The number of hydrogen-bond donors (Lipinski definition) is 3. The summed E-state index contributed by atoms with van der Waals surface area (Å²) in [4.78, 5) is 34.8. The molecule has 0 spiro atoms. The number of rotatable bonds is 5. The molecule has 2 amide bonds. The molecule has 8 heteroatoms. The first kappa shape index (κ1) is 24.9. The van der Waals surface area contributed by atoms with Gasteiger partial charge in [-0.15, -0.1) is 0 Å². The molecule has 4 rings (SSSR count). The molecule has 0 unspecified atom stereocenters. The van der Waals surface area contributed by atoms with Crippen molar-refractivity contribution < 1.29 is 9.59 Å². The molecule has 4 aromatic rings. The van der Waals surface area contributed by atoms with Gasteiger partial charge in [0.2, 0.25) is 0 Å². The second kappa shape index (κ2) is 9.45. The number of nitrogen functional groups attached to an aromatic ring is 1. The minimum absolute atomic E-state index is 0.0316. The quantitative estimate of drug-likeness (QED) is 0.297. The standard InChI is InChI=1S/C28H32N6O2/c1-16(2)34-14-22(23-25(29)30-15-31-26(23)34)24(35)21-13-20(10-7-17(21)3)33-27(36)32-19-11-8-18(9-12-19)28(4,5)6/h7-16H,1-6H3,(H2,29,30,31)(H2,32,33,36). The van der Waals surface area contributed by atoms with Crippen LogP contribution < -0.4 is 16.4 Å². The van der Waals surface area contributed by atoms with Crippen LogP contribution in [0, 0.1) is 6.92 Å². The van der Waals surface area contributed by atoms with Crippen LogP contribution in [0.2, 0.25) is 0 Å². The zero-order chi connectivity index (χ0) is 26.2. The lowest BCUT2D eigenvalue weighted by Crippen LogP contribution is -2.20. The van der Waals surface area contributed by atoms with Crippen LogP contribution in [-0.4, -0.2) is 26.3 Å². The summed E-state index contributed by atoms with van der Waals surface area (Å²) in [6, 6.07) is 12.7. The fourth-order valence-corrected chi connectivity index (χ4v) is 4.11. The highest BCUT2D eigenvalue weighted by molar-refractivity contribution is 6.19. The first-order chi connectivity index (χ1) is 17.0. The highest BCUT2D eigenvalue weighted by Gasteiger charge is 2.23. The summed E-state index contributed by atoms with van der Waals surface area (Å²) in [7, 11) is 0. The van der Waals surface area contributed by atoms with Gasteiger partial charge in [-0.05, 0) is 61.6 Å². The monoisotopic (exact) mass is 484 g/mol. The summed E-state index contributed by atoms with van der Waals surface area (Å²) >= 11 is 0. The third-order valence-corrected chi connectivity index (χ3v) is 6.19. The van der Waals surface area contributed by atoms with E-state index in [9.17, 15) is 9.59 Å². The number of amides is 2. The molecular weight excluding hydrogens is 452 g/mol. The van der Waals surface area contributed by atoms with E-state index < -0.39 is 6.03 Å². The molecule has 0 aliphatic heterocycles. The van der Waals surface area contributed by atoms with E-state index in [2.05, 4.69) is 41.4 Å². The fraction of sp³-hybridized carbons (Fsp3) is 0.286. The number of benzene rings is 2.